The summed E-state index contributed by atoms with van der Waals surface area (Å²) >= 11 is 6.32. The van der Waals surface area contributed by atoms with Gasteiger partial charge in [-0.25, -0.2) is 4.99 Å². The van der Waals surface area contributed by atoms with Gasteiger partial charge in [-0.3, -0.25) is 0 Å². The number of benzene rings is 1. The lowest BCUT2D eigenvalue weighted by atomic mass is 10.1. The number of ether oxygens (including phenoxy) is 1. The summed E-state index contributed by atoms with van der Waals surface area (Å²) in [5.41, 5.74) is 1.07. The van der Waals surface area contributed by atoms with Gasteiger partial charge in [0.1, 0.15) is 18.1 Å². The lowest BCUT2D eigenvalue weighted by molar-refractivity contribution is 0.414. The lowest BCUT2D eigenvalue weighted by Crippen LogP contribution is -2.39. The second-order valence-corrected chi connectivity index (χ2v) is 6.71. The quantitative estimate of drug-likeness (QED) is 0.390. The monoisotopic (exact) mass is 392 g/mol. The van der Waals surface area contributed by atoms with Crippen molar-refractivity contribution in [2.24, 2.45) is 12.0 Å². The second-order valence-electron chi connectivity index (χ2n) is 6.30. The van der Waals surface area contributed by atoms with E-state index in [9.17, 15) is 0 Å². The van der Waals surface area contributed by atoms with Crippen molar-refractivity contribution in [2.45, 2.75) is 39.7 Å². The third-order valence-corrected chi connectivity index (χ3v) is 4.68. The molecule has 0 radical (unpaired) electrons. The van der Waals surface area contributed by atoms with Gasteiger partial charge in [-0.05, 0) is 37.5 Å². The van der Waals surface area contributed by atoms with Crippen molar-refractivity contribution < 1.29 is 4.74 Å². The Hall–Kier alpha value is -2.28. The van der Waals surface area contributed by atoms with E-state index < -0.39 is 0 Å². The summed E-state index contributed by atoms with van der Waals surface area (Å²) in [6, 6.07) is 5.75. The minimum atomic E-state index is 0.474. The molecule has 0 aliphatic rings. The minimum Gasteiger partial charge on any atom is -0.497 e. The first-order chi connectivity index (χ1) is 13.0. The van der Waals surface area contributed by atoms with E-state index in [0.29, 0.717) is 11.6 Å². The third-order valence-electron chi connectivity index (χ3n) is 4.33. The van der Waals surface area contributed by atoms with Crippen LogP contribution in [-0.4, -0.2) is 40.9 Å². The molecule has 1 heterocycles. The molecule has 2 rings (SSSR count). The first-order valence-corrected chi connectivity index (χ1v) is 9.62. The molecule has 1 aromatic heterocycles. The number of aryl methyl sites for hydroxylation is 1. The van der Waals surface area contributed by atoms with Crippen LogP contribution in [-0.2, 0) is 20.0 Å². The Bertz CT molecular complexity index is 759. The van der Waals surface area contributed by atoms with Crippen LogP contribution in [0.2, 0.25) is 5.02 Å². The molecule has 0 aliphatic heterocycles. The Morgan fingerprint density at radius 3 is 2.67 bits per heavy atom. The zero-order chi connectivity index (χ0) is 19.6. The molecule has 0 spiro atoms. The fourth-order valence-electron chi connectivity index (χ4n) is 2.47. The van der Waals surface area contributed by atoms with Gasteiger partial charge in [0.15, 0.2) is 11.8 Å². The average Bonchev–Trinajstić information content (AvgIpc) is 2.99. The molecule has 148 valence electrons. The van der Waals surface area contributed by atoms with E-state index in [0.717, 1.165) is 61.3 Å². The van der Waals surface area contributed by atoms with E-state index in [-0.39, 0.29) is 0 Å². The summed E-state index contributed by atoms with van der Waals surface area (Å²) in [6.45, 7) is 6.17. The van der Waals surface area contributed by atoms with Crippen LogP contribution in [0.4, 0.5) is 0 Å². The van der Waals surface area contributed by atoms with Crippen molar-refractivity contribution in [3.63, 3.8) is 0 Å². The SMILES string of the molecule is CCCCNC(=NCc1nnc(C)n1C)NCCc1ccc(OC)cc1Cl. The van der Waals surface area contributed by atoms with Gasteiger partial charge in [0.2, 0.25) is 0 Å². The van der Waals surface area contributed by atoms with E-state index in [2.05, 4.69) is 32.7 Å². The van der Waals surface area contributed by atoms with Gasteiger partial charge >= 0.3 is 0 Å². The van der Waals surface area contributed by atoms with Crippen LogP contribution in [0.3, 0.4) is 0 Å². The number of rotatable bonds is 9. The van der Waals surface area contributed by atoms with Crippen LogP contribution >= 0.6 is 11.6 Å². The fourth-order valence-corrected chi connectivity index (χ4v) is 2.73. The molecular formula is C19H29ClN6O. The zero-order valence-electron chi connectivity index (χ0n) is 16.5. The second kappa shape index (κ2) is 10.8. The number of hydrogen-bond donors (Lipinski definition) is 2. The Kier molecular flexibility index (Phi) is 8.39. The molecular weight excluding hydrogens is 364 g/mol. The van der Waals surface area contributed by atoms with E-state index in [1.807, 2.05) is 36.7 Å². The molecule has 2 aromatic rings. The molecule has 27 heavy (non-hydrogen) atoms. The average molecular weight is 393 g/mol. The molecule has 0 aliphatic carbocycles. The van der Waals surface area contributed by atoms with Crippen molar-refractivity contribution in [1.29, 1.82) is 0 Å². The van der Waals surface area contributed by atoms with Crippen molar-refractivity contribution in [3.05, 3.63) is 40.4 Å². The number of halogens is 1. The fraction of sp³-hybridized carbons (Fsp3) is 0.526. The summed E-state index contributed by atoms with van der Waals surface area (Å²) < 4.78 is 7.14. The standard InChI is InChI=1S/C19H29ClN6O/c1-5-6-10-21-19(23-13-18-25-24-14(2)26(18)3)22-11-9-15-7-8-16(27-4)12-17(15)20/h7-8,12H,5-6,9-11,13H2,1-4H3,(H2,21,22,23). The topological polar surface area (TPSA) is 76.4 Å². The van der Waals surface area contributed by atoms with Gasteiger partial charge < -0.3 is 19.9 Å². The van der Waals surface area contributed by atoms with Crippen LogP contribution in [0.25, 0.3) is 0 Å². The highest BCUT2D eigenvalue weighted by molar-refractivity contribution is 6.31. The number of aromatic nitrogens is 3. The highest BCUT2D eigenvalue weighted by atomic mass is 35.5. The van der Waals surface area contributed by atoms with Crippen molar-refractivity contribution in [3.8, 4) is 5.75 Å². The summed E-state index contributed by atoms with van der Waals surface area (Å²) in [7, 11) is 3.58. The van der Waals surface area contributed by atoms with E-state index >= 15 is 0 Å². The van der Waals surface area contributed by atoms with E-state index in [1.165, 1.54) is 0 Å². The highest BCUT2D eigenvalue weighted by Gasteiger charge is 2.06. The Morgan fingerprint density at radius 2 is 2.04 bits per heavy atom. The summed E-state index contributed by atoms with van der Waals surface area (Å²) in [5.74, 6) is 3.25. The molecule has 0 saturated heterocycles. The normalized spacial score (nSPS) is 11.5. The maximum absolute atomic E-state index is 6.32. The molecule has 0 unspecified atom stereocenters. The Morgan fingerprint density at radius 1 is 1.26 bits per heavy atom. The first-order valence-electron chi connectivity index (χ1n) is 9.24. The maximum Gasteiger partial charge on any atom is 0.191 e. The van der Waals surface area contributed by atoms with Gasteiger partial charge in [-0.1, -0.05) is 31.0 Å². The van der Waals surface area contributed by atoms with Crippen LogP contribution in [0.1, 0.15) is 37.0 Å². The molecule has 2 N–H and O–H groups in total. The number of nitrogens with zero attached hydrogens (tertiary/aromatic N) is 4. The number of aliphatic imine (C=N–C) groups is 1. The van der Waals surface area contributed by atoms with E-state index in [4.69, 9.17) is 16.3 Å². The van der Waals surface area contributed by atoms with Gasteiger partial charge in [-0.15, -0.1) is 10.2 Å². The molecule has 0 atom stereocenters. The number of nitrogens with one attached hydrogen (secondary N) is 2. The number of guanidine groups is 1. The molecule has 0 amide bonds. The summed E-state index contributed by atoms with van der Waals surface area (Å²) in [4.78, 5) is 4.64. The highest BCUT2D eigenvalue weighted by Crippen LogP contribution is 2.22. The predicted octanol–water partition coefficient (Wildman–Crippen LogP) is 2.86. The van der Waals surface area contributed by atoms with Gasteiger partial charge in [0, 0.05) is 25.2 Å². The van der Waals surface area contributed by atoms with Crippen LogP contribution < -0.4 is 15.4 Å². The molecule has 0 fully saturated rings. The maximum atomic E-state index is 6.32. The van der Waals surface area contributed by atoms with Gasteiger partial charge in [-0.2, -0.15) is 0 Å². The predicted molar refractivity (Wildman–Crippen MR) is 110 cm³/mol. The third kappa shape index (κ3) is 6.43. The van der Waals surface area contributed by atoms with Gasteiger partial charge in [0.05, 0.1) is 7.11 Å². The molecule has 7 nitrogen and oxygen atoms in total. The summed E-state index contributed by atoms with van der Waals surface area (Å²) in [5, 5.41) is 15.7. The first kappa shape index (κ1) is 21.0. The number of methoxy groups -OCH3 is 1. The van der Waals surface area contributed by atoms with Gasteiger partial charge in [0.25, 0.3) is 0 Å². The summed E-state index contributed by atoms with van der Waals surface area (Å²) in [6.07, 6.45) is 3.01. The number of hydrogen-bond acceptors (Lipinski definition) is 4. The van der Waals surface area contributed by atoms with E-state index in [1.54, 1.807) is 7.11 Å². The zero-order valence-corrected chi connectivity index (χ0v) is 17.3. The molecule has 8 heteroatoms. The van der Waals surface area contributed by atoms with Crippen molar-refractivity contribution >= 4 is 17.6 Å². The lowest BCUT2D eigenvalue weighted by Gasteiger charge is -2.13. The van der Waals surface area contributed by atoms with Crippen molar-refractivity contribution in [2.75, 3.05) is 20.2 Å². The van der Waals surface area contributed by atoms with Crippen LogP contribution in [0.5, 0.6) is 5.75 Å². The largest absolute Gasteiger partial charge is 0.497 e. The molecule has 0 saturated carbocycles. The minimum absolute atomic E-state index is 0.474. The molecule has 0 bridgehead atoms. The number of unbranched alkanes of at least 4 members (excludes halogenated alkanes) is 1. The van der Waals surface area contributed by atoms with Crippen LogP contribution in [0.15, 0.2) is 23.2 Å². The van der Waals surface area contributed by atoms with Crippen molar-refractivity contribution in [1.82, 2.24) is 25.4 Å². The van der Waals surface area contributed by atoms with Crippen LogP contribution in [0, 0.1) is 6.92 Å². The Balaban J connectivity index is 1.95. The Labute approximate surface area is 166 Å². The molecule has 1 aromatic carbocycles. The smallest absolute Gasteiger partial charge is 0.191 e.